The average molecular weight is 212 g/mol. The first-order valence-corrected chi connectivity index (χ1v) is 4.37. The van der Waals surface area contributed by atoms with Crippen molar-refractivity contribution in [2.75, 3.05) is 25.6 Å². The first-order chi connectivity index (χ1) is 7.06. The number of nitro groups is 1. The fourth-order valence-corrected chi connectivity index (χ4v) is 0.935. The Kier molecular flexibility index (Phi) is 3.37. The van der Waals surface area contributed by atoms with Gasteiger partial charge in [0.25, 0.3) is 5.88 Å². The van der Waals surface area contributed by atoms with E-state index in [0.29, 0.717) is 12.6 Å². The highest BCUT2D eigenvalue weighted by Crippen LogP contribution is 2.24. The molecule has 1 aromatic rings. The highest BCUT2D eigenvalue weighted by Gasteiger charge is 2.18. The van der Waals surface area contributed by atoms with Gasteiger partial charge in [-0.3, -0.25) is 10.1 Å². The molecule has 1 heterocycles. The molecule has 7 nitrogen and oxygen atoms in total. The summed E-state index contributed by atoms with van der Waals surface area (Å²) in [5, 5.41) is 10.6. The lowest BCUT2D eigenvalue weighted by Crippen LogP contribution is -2.13. The summed E-state index contributed by atoms with van der Waals surface area (Å²) in [5.41, 5.74) is -0.220. The Morgan fingerprint density at radius 1 is 1.60 bits per heavy atom. The number of hydrogen-bond acceptors (Lipinski definition) is 6. The molecule has 0 fully saturated rings. The summed E-state index contributed by atoms with van der Waals surface area (Å²) in [6.45, 7) is 2.06. The van der Waals surface area contributed by atoms with E-state index >= 15 is 0 Å². The third-order valence-electron chi connectivity index (χ3n) is 1.60. The van der Waals surface area contributed by atoms with E-state index < -0.39 is 4.92 Å². The Hall–Kier alpha value is -1.92. The maximum Gasteiger partial charge on any atom is 0.349 e. The van der Waals surface area contributed by atoms with E-state index in [4.69, 9.17) is 4.74 Å². The van der Waals surface area contributed by atoms with Crippen LogP contribution in [0.3, 0.4) is 0 Å². The van der Waals surface area contributed by atoms with Gasteiger partial charge in [0.15, 0.2) is 0 Å². The van der Waals surface area contributed by atoms with E-state index in [1.165, 1.54) is 0 Å². The van der Waals surface area contributed by atoms with Crippen molar-refractivity contribution in [3.05, 3.63) is 16.3 Å². The zero-order chi connectivity index (χ0) is 11.4. The summed E-state index contributed by atoms with van der Waals surface area (Å²) >= 11 is 0. The standard InChI is InChI=1S/C8H12N4O3/c1-4-15-7-6(12(13)14)5-9-8(10-7)11(2)3/h5H,4H2,1-3H3. The molecule has 7 heteroatoms. The maximum atomic E-state index is 10.6. The summed E-state index contributed by atoms with van der Waals surface area (Å²) in [4.78, 5) is 19.5. The minimum atomic E-state index is -0.565. The smallest absolute Gasteiger partial charge is 0.349 e. The third-order valence-corrected chi connectivity index (χ3v) is 1.60. The molecule has 0 unspecified atom stereocenters. The molecule has 15 heavy (non-hydrogen) atoms. The van der Waals surface area contributed by atoms with Crippen molar-refractivity contribution in [2.24, 2.45) is 0 Å². The minimum absolute atomic E-state index is 0.00111. The molecule has 0 saturated heterocycles. The second-order valence-electron chi connectivity index (χ2n) is 2.94. The van der Waals surface area contributed by atoms with Crippen LogP contribution in [0.15, 0.2) is 6.20 Å². The van der Waals surface area contributed by atoms with Crippen LogP contribution in [0.1, 0.15) is 6.92 Å². The van der Waals surface area contributed by atoms with Gasteiger partial charge in [-0.2, -0.15) is 4.98 Å². The lowest BCUT2D eigenvalue weighted by atomic mass is 10.5. The zero-order valence-corrected chi connectivity index (χ0v) is 8.80. The van der Waals surface area contributed by atoms with Crippen molar-refractivity contribution < 1.29 is 9.66 Å². The minimum Gasteiger partial charge on any atom is -0.473 e. The number of nitrogens with zero attached hydrogens (tertiary/aromatic N) is 4. The SMILES string of the molecule is CCOc1nc(N(C)C)ncc1[N+](=O)[O-]. The number of anilines is 1. The monoisotopic (exact) mass is 212 g/mol. The highest BCUT2D eigenvalue weighted by atomic mass is 16.6. The Labute approximate surface area is 86.9 Å². The van der Waals surface area contributed by atoms with Crippen LogP contribution in [0.5, 0.6) is 5.88 Å². The predicted molar refractivity (Wildman–Crippen MR) is 54.2 cm³/mol. The molecule has 0 bridgehead atoms. The molecule has 0 spiro atoms. The lowest BCUT2D eigenvalue weighted by Gasteiger charge is -2.10. The van der Waals surface area contributed by atoms with Crippen LogP contribution in [-0.2, 0) is 0 Å². The van der Waals surface area contributed by atoms with Gasteiger partial charge in [-0.1, -0.05) is 0 Å². The van der Waals surface area contributed by atoms with Crippen molar-refractivity contribution in [2.45, 2.75) is 6.92 Å². The van der Waals surface area contributed by atoms with Gasteiger partial charge in [0, 0.05) is 14.1 Å². The van der Waals surface area contributed by atoms with Crippen LogP contribution in [0.25, 0.3) is 0 Å². The molecular weight excluding hydrogens is 200 g/mol. The molecule has 0 aromatic carbocycles. The van der Waals surface area contributed by atoms with E-state index in [2.05, 4.69) is 9.97 Å². The van der Waals surface area contributed by atoms with Crippen LogP contribution in [0.4, 0.5) is 11.6 Å². The largest absolute Gasteiger partial charge is 0.473 e. The Bertz CT molecular complexity index is 367. The first-order valence-electron chi connectivity index (χ1n) is 4.37. The Morgan fingerprint density at radius 3 is 2.73 bits per heavy atom. The molecule has 0 aliphatic heterocycles. The molecule has 0 aliphatic carbocycles. The van der Waals surface area contributed by atoms with E-state index in [-0.39, 0.29) is 11.6 Å². The normalized spacial score (nSPS) is 9.80. The van der Waals surface area contributed by atoms with Gasteiger partial charge >= 0.3 is 5.69 Å². The van der Waals surface area contributed by atoms with Gasteiger partial charge in [-0.05, 0) is 6.92 Å². The van der Waals surface area contributed by atoms with Gasteiger partial charge in [0.1, 0.15) is 6.20 Å². The molecule has 0 N–H and O–H groups in total. The van der Waals surface area contributed by atoms with E-state index in [0.717, 1.165) is 6.20 Å². The molecule has 82 valence electrons. The number of hydrogen-bond donors (Lipinski definition) is 0. The van der Waals surface area contributed by atoms with Gasteiger partial charge in [-0.15, -0.1) is 0 Å². The highest BCUT2D eigenvalue weighted by molar-refractivity contribution is 5.43. The topological polar surface area (TPSA) is 81.4 Å². The molecule has 1 rings (SSSR count). The zero-order valence-electron chi connectivity index (χ0n) is 8.80. The fraction of sp³-hybridized carbons (Fsp3) is 0.500. The molecule has 0 atom stereocenters. The molecule has 0 aliphatic rings. The number of rotatable bonds is 4. The Balaban J connectivity index is 3.14. The first kappa shape index (κ1) is 11.2. The third kappa shape index (κ3) is 2.52. The second-order valence-corrected chi connectivity index (χ2v) is 2.94. The van der Waals surface area contributed by atoms with Crippen LogP contribution in [-0.4, -0.2) is 35.6 Å². The molecular formula is C8H12N4O3. The van der Waals surface area contributed by atoms with Gasteiger partial charge < -0.3 is 9.64 Å². The van der Waals surface area contributed by atoms with Crippen LogP contribution < -0.4 is 9.64 Å². The summed E-state index contributed by atoms with van der Waals surface area (Å²) in [6.07, 6.45) is 1.15. The maximum absolute atomic E-state index is 10.6. The van der Waals surface area contributed by atoms with Crippen LogP contribution in [0, 0.1) is 10.1 Å². The van der Waals surface area contributed by atoms with Crippen molar-refractivity contribution in [3.63, 3.8) is 0 Å². The molecule has 0 amide bonds. The second kappa shape index (κ2) is 4.54. The molecule has 1 aromatic heterocycles. The van der Waals surface area contributed by atoms with Gasteiger partial charge in [-0.25, -0.2) is 4.98 Å². The van der Waals surface area contributed by atoms with E-state index in [9.17, 15) is 10.1 Å². The molecule has 0 radical (unpaired) electrons. The van der Waals surface area contributed by atoms with Gasteiger partial charge in [0.2, 0.25) is 5.95 Å². The summed E-state index contributed by atoms with van der Waals surface area (Å²) in [5.74, 6) is 0.380. The molecule has 0 saturated carbocycles. The summed E-state index contributed by atoms with van der Waals surface area (Å²) < 4.78 is 5.07. The average Bonchev–Trinajstić information content (AvgIpc) is 2.17. The quantitative estimate of drug-likeness (QED) is 0.543. The summed E-state index contributed by atoms with van der Waals surface area (Å²) in [7, 11) is 3.49. The summed E-state index contributed by atoms with van der Waals surface area (Å²) in [6, 6.07) is 0. The van der Waals surface area contributed by atoms with Crippen molar-refractivity contribution in [3.8, 4) is 5.88 Å². The van der Waals surface area contributed by atoms with E-state index in [1.807, 2.05) is 0 Å². The van der Waals surface area contributed by atoms with Crippen molar-refractivity contribution >= 4 is 11.6 Å². The van der Waals surface area contributed by atoms with Crippen molar-refractivity contribution in [1.29, 1.82) is 0 Å². The van der Waals surface area contributed by atoms with E-state index in [1.54, 1.807) is 25.9 Å². The van der Waals surface area contributed by atoms with Crippen LogP contribution >= 0.6 is 0 Å². The number of aromatic nitrogens is 2. The predicted octanol–water partition coefficient (Wildman–Crippen LogP) is 0.849. The van der Waals surface area contributed by atoms with Crippen LogP contribution in [0.2, 0.25) is 0 Å². The fourth-order valence-electron chi connectivity index (χ4n) is 0.935. The Morgan fingerprint density at radius 2 is 2.27 bits per heavy atom. The van der Waals surface area contributed by atoms with Crippen molar-refractivity contribution in [1.82, 2.24) is 9.97 Å². The van der Waals surface area contributed by atoms with Gasteiger partial charge in [0.05, 0.1) is 11.5 Å². The number of ether oxygens (including phenoxy) is 1. The lowest BCUT2D eigenvalue weighted by molar-refractivity contribution is -0.386.